The number of hydrogen-bond donors (Lipinski definition) is 0. The van der Waals surface area contributed by atoms with Crippen LogP contribution in [0.5, 0.6) is 0 Å². The quantitative estimate of drug-likeness (QED) is 0.828. The van der Waals surface area contributed by atoms with Crippen LogP contribution in [0.4, 0.5) is 5.95 Å². The van der Waals surface area contributed by atoms with Gasteiger partial charge in [-0.15, -0.1) is 0 Å². The maximum absolute atomic E-state index is 12.7. The predicted molar refractivity (Wildman–Crippen MR) is 88.4 cm³/mol. The number of hydrogen-bond acceptors (Lipinski definition) is 5. The van der Waals surface area contributed by atoms with Gasteiger partial charge in [0, 0.05) is 44.2 Å². The van der Waals surface area contributed by atoms with Crippen LogP contribution in [0, 0.1) is 19.8 Å². The van der Waals surface area contributed by atoms with Gasteiger partial charge in [-0.25, -0.2) is 9.97 Å². The fourth-order valence-electron chi connectivity index (χ4n) is 3.46. The largest absolute Gasteiger partial charge is 0.378 e. The van der Waals surface area contributed by atoms with E-state index in [1.165, 1.54) is 0 Å². The number of nitrogens with zero attached hydrogens (tertiary/aromatic N) is 4. The Morgan fingerprint density at radius 3 is 2.43 bits per heavy atom. The van der Waals surface area contributed by atoms with Crippen LogP contribution in [-0.2, 0) is 9.53 Å². The number of amides is 1. The van der Waals surface area contributed by atoms with Crippen molar-refractivity contribution in [2.75, 3.05) is 37.7 Å². The molecule has 0 spiro atoms. The van der Waals surface area contributed by atoms with E-state index in [1.807, 2.05) is 31.7 Å². The molecule has 0 bridgehead atoms. The molecular formula is C17H26N4O2. The van der Waals surface area contributed by atoms with Crippen molar-refractivity contribution in [3.8, 4) is 0 Å². The third-order valence-corrected chi connectivity index (χ3v) is 4.77. The summed E-state index contributed by atoms with van der Waals surface area (Å²) in [5.74, 6) is 1.05. The van der Waals surface area contributed by atoms with Crippen LogP contribution >= 0.6 is 0 Å². The number of piperazine rings is 1. The normalized spacial score (nSPS) is 25.5. The third kappa shape index (κ3) is 3.63. The number of carbonyl (C=O) groups is 1. The molecule has 1 amide bonds. The summed E-state index contributed by atoms with van der Waals surface area (Å²) in [4.78, 5) is 25.9. The van der Waals surface area contributed by atoms with Gasteiger partial charge in [0.25, 0.3) is 0 Å². The second kappa shape index (κ2) is 6.83. The standard InChI is InChI=1S/C17H26N4O2/c1-12-11-13(2)19-17(18-12)21-8-6-20(7-9-21)16(22)15-5-4-10-23-14(15)3/h11,14-15H,4-10H2,1-3H3/t14-,15-/m0/s1. The molecule has 2 atom stereocenters. The Balaban J connectivity index is 1.60. The molecule has 1 aromatic rings. The average molecular weight is 318 g/mol. The molecule has 0 aliphatic carbocycles. The summed E-state index contributed by atoms with van der Waals surface area (Å²) in [6, 6.07) is 1.98. The van der Waals surface area contributed by atoms with Crippen molar-refractivity contribution in [1.82, 2.24) is 14.9 Å². The molecule has 2 aliphatic heterocycles. The summed E-state index contributed by atoms with van der Waals surface area (Å²) in [6.45, 7) is 9.82. The highest BCUT2D eigenvalue weighted by molar-refractivity contribution is 5.79. The van der Waals surface area contributed by atoms with Gasteiger partial charge in [-0.2, -0.15) is 0 Å². The average Bonchev–Trinajstić information content (AvgIpc) is 2.54. The summed E-state index contributed by atoms with van der Waals surface area (Å²) in [6.07, 6.45) is 1.97. The van der Waals surface area contributed by atoms with Crippen LogP contribution in [0.2, 0.25) is 0 Å². The minimum atomic E-state index is 0.0211. The fourth-order valence-corrected chi connectivity index (χ4v) is 3.46. The minimum absolute atomic E-state index is 0.0211. The van der Waals surface area contributed by atoms with E-state index in [0.29, 0.717) is 0 Å². The Bertz CT molecular complexity index is 549. The number of aromatic nitrogens is 2. The van der Waals surface area contributed by atoms with Crippen molar-refractivity contribution < 1.29 is 9.53 Å². The molecule has 2 fully saturated rings. The van der Waals surface area contributed by atoms with Gasteiger partial charge in [-0.3, -0.25) is 4.79 Å². The first-order chi connectivity index (χ1) is 11.0. The molecule has 23 heavy (non-hydrogen) atoms. The van der Waals surface area contributed by atoms with Gasteiger partial charge in [-0.05, 0) is 39.7 Å². The number of rotatable bonds is 2. The van der Waals surface area contributed by atoms with Crippen molar-refractivity contribution in [3.05, 3.63) is 17.5 Å². The Labute approximate surface area is 137 Å². The van der Waals surface area contributed by atoms with Gasteiger partial charge in [0.05, 0.1) is 12.0 Å². The molecule has 0 unspecified atom stereocenters. The molecule has 0 radical (unpaired) electrons. The summed E-state index contributed by atoms with van der Waals surface area (Å²) >= 11 is 0. The van der Waals surface area contributed by atoms with Gasteiger partial charge < -0.3 is 14.5 Å². The van der Waals surface area contributed by atoms with E-state index in [2.05, 4.69) is 14.9 Å². The van der Waals surface area contributed by atoms with Crippen molar-refractivity contribution in [2.24, 2.45) is 5.92 Å². The maximum atomic E-state index is 12.7. The SMILES string of the molecule is Cc1cc(C)nc(N2CCN(C(=O)[C@H]3CCCO[C@H]3C)CC2)n1. The maximum Gasteiger partial charge on any atom is 0.228 e. The highest BCUT2D eigenvalue weighted by atomic mass is 16.5. The lowest BCUT2D eigenvalue weighted by atomic mass is 9.93. The van der Waals surface area contributed by atoms with E-state index in [-0.39, 0.29) is 17.9 Å². The van der Waals surface area contributed by atoms with Gasteiger partial charge in [0.2, 0.25) is 11.9 Å². The lowest BCUT2D eigenvalue weighted by molar-refractivity contribution is -0.144. The molecule has 126 valence electrons. The molecule has 3 rings (SSSR count). The second-order valence-electron chi connectivity index (χ2n) is 6.59. The van der Waals surface area contributed by atoms with Crippen LogP contribution in [0.25, 0.3) is 0 Å². The minimum Gasteiger partial charge on any atom is -0.378 e. The van der Waals surface area contributed by atoms with Crippen LogP contribution in [0.15, 0.2) is 6.07 Å². The number of aryl methyl sites for hydroxylation is 2. The Morgan fingerprint density at radius 2 is 1.83 bits per heavy atom. The zero-order chi connectivity index (χ0) is 16.4. The highest BCUT2D eigenvalue weighted by Crippen LogP contribution is 2.23. The Kier molecular flexibility index (Phi) is 4.80. The molecule has 6 heteroatoms. The molecule has 2 aliphatic rings. The molecule has 0 saturated carbocycles. The van der Waals surface area contributed by atoms with Crippen LogP contribution in [0.3, 0.4) is 0 Å². The lowest BCUT2D eigenvalue weighted by Crippen LogP contribution is -2.52. The molecule has 3 heterocycles. The number of carbonyl (C=O) groups excluding carboxylic acids is 1. The first-order valence-corrected chi connectivity index (χ1v) is 8.52. The molecule has 0 N–H and O–H groups in total. The van der Waals surface area contributed by atoms with Crippen molar-refractivity contribution >= 4 is 11.9 Å². The topological polar surface area (TPSA) is 58.6 Å². The fraction of sp³-hybridized carbons (Fsp3) is 0.706. The van der Waals surface area contributed by atoms with E-state index in [9.17, 15) is 4.79 Å². The number of anilines is 1. The monoisotopic (exact) mass is 318 g/mol. The Morgan fingerprint density at radius 1 is 1.17 bits per heavy atom. The van der Waals surface area contributed by atoms with E-state index < -0.39 is 0 Å². The smallest absolute Gasteiger partial charge is 0.228 e. The first kappa shape index (κ1) is 16.2. The van der Waals surface area contributed by atoms with Crippen molar-refractivity contribution in [3.63, 3.8) is 0 Å². The van der Waals surface area contributed by atoms with Gasteiger partial charge in [0.1, 0.15) is 0 Å². The zero-order valence-corrected chi connectivity index (χ0v) is 14.3. The lowest BCUT2D eigenvalue weighted by Gasteiger charge is -2.38. The van der Waals surface area contributed by atoms with E-state index in [0.717, 1.165) is 63.0 Å². The third-order valence-electron chi connectivity index (χ3n) is 4.77. The molecule has 0 aromatic carbocycles. The van der Waals surface area contributed by atoms with E-state index in [1.54, 1.807) is 0 Å². The highest BCUT2D eigenvalue weighted by Gasteiger charge is 2.33. The molecular weight excluding hydrogens is 292 g/mol. The van der Waals surface area contributed by atoms with Crippen molar-refractivity contribution in [1.29, 1.82) is 0 Å². The van der Waals surface area contributed by atoms with Gasteiger partial charge in [0.15, 0.2) is 0 Å². The second-order valence-corrected chi connectivity index (χ2v) is 6.59. The summed E-state index contributed by atoms with van der Waals surface area (Å²) in [5.41, 5.74) is 1.97. The van der Waals surface area contributed by atoms with Crippen molar-refractivity contribution in [2.45, 2.75) is 39.7 Å². The van der Waals surface area contributed by atoms with Crippen LogP contribution in [0.1, 0.15) is 31.2 Å². The zero-order valence-electron chi connectivity index (χ0n) is 14.3. The summed E-state index contributed by atoms with van der Waals surface area (Å²) < 4.78 is 5.64. The summed E-state index contributed by atoms with van der Waals surface area (Å²) in [7, 11) is 0. The van der Waals surface area contributed by atoms with Crippen LogP contribution in [-0.4, -0.2) is 59.7 Å². The first-order valence-electron chi connectivity index (χ1n) is 8.52. The molecule has 6 nitrogen and oxygen atoms in total. The van der Waals surface area contributed by atoms with Gasteiger partial charge in [-0.1, -0.05) is 0 Å². The summed E-state index contributed by atoms with van der Waals surface area (Å²) in [5, 5.41) is 0. The number of ether oxygens (including phenoxy) is 1. The predicted octanol–water partition coefficient (Wildman–Crippen LogP) is 1.56. The Hall–Kier alpha value is -1.69. The molecule has 1 aromatic heterocycles. The molecule has 2 saturated heterocycles. The van der Waals surface area contributed by atoms with Crippen LogP contribution < -0.4 is 4.90 Å². The van der Waals surface area contributed by atoms with E-state index in [4.69, 9.17) is 4.74 Å². The van der Waals surface area contributed by atoms with Gasteiger partial charge >= 0.3 is 0 Å². The van der Waals surface area contributed by atoms with E-state index >= 15 is 0 Å².